The molecule has 170 valence electrons. The second-order valence-corrected chi connectivity index (χ2v) is 7.53. The van der Waals surface area contributed by atoms with Gasteiger partial charge in [-0.25, -0.2) is 9.98 Å². The number of nitrogens with zero attached hydrogens (tertiary/aromatic N) is 4. The van der Waals surface area contributed by atoms with Crippen LogP contribution in [-0.4, -0.2) is 69.3 Å². The molecule has 1 saturated heterocycles. The highest BCUT2D eigenvalue weighted by Crippen LogP contribution is 2.14. The maximum Gasteiger partial charge on any atom is 0.191 e. The first-order valence-corrected chi connectivity index (χ1v) is 10.7. The number of guanidine groups is 1. The van der Waals surface area contributed by atoms with Crippen molar-refractivity contribution >= 4 is 35.8 Å². The maximum atomic E-state index is 5.21. The molecule has 0 unspecified atom stereocenters. The van der Waals surface area contributed by atoms with Crippen molar-refractivity contribution < 1.29 is 4.74 Å². The fraction of sp³-hybridized carbons (Fsp3) is 0.478. The van der Waals surface area contributed by atoms with Crippen LogP contribution in [0.25, 0.3) is 0 Å². The number of likely N-dealkylation sites (N-methyl/N-ethyl adjacent to an activating group) is 1. The first kappa shape index (κ1) is 25.2. The molecule has 31 heavy (non-hydrogen) atoms. The number of aromatic nitrogens is 1. The zero-order chi connectivity index (χ0) is 21.2. The first-order chi connectivity index (χ1) is 14.7. The molecule has 0 bridgehead atoms. The lowest BCUT2D eigenvalue weighted by molar-refractivity contribution is 0.312. The summed E-state index contributed by atoms with van der Waals surface area (Å²) in [6.45, 7) is 8.56. The molecule has 2 aromatic rings. The van der Waals surface area contributed by atoms with Gasteiger partial charge in [-0.2, -0.15) is 0 Å². The highest BCUT2D eigenvalue weighted by atomic mass is 127. The van der Waals surface area contributed by atoms with Crippen LogP contribution < -0.4 is 20.3 Å². The van der Waals surface area contributed by atoms with Gasteiger partial charge in [0.2, 0.25) is 0 Å². The van der Waals surface area contributed by atoms with E-state index in [0.29, 0.717) is 6.54 Å². The minimum atomic E-state index is 0. The van der Waals surface area contributed by atoms with E-state index in [-0.39, 0.29) is 24.0 Å². The van der Waals surface area contributed by atoms with Crippen LogP contribution in [0.15, 0.2) is 47.6 Å². The number of methoxy groups -OCH3 is 1. The van der Waals surface area contributed by atoms with Crippen molar-refractivity contribution in [2.24, 2.45) is 4.99 Å². The van der Waals surface area contributed by atoms with E-state index in [9.17, 15) is 0 Å². The van der Waals surface area contributed by atoms with Crippen LogP contribution in [0.5, 0.6) is 5.75 Å². The summed E-state index contributed by atoms with van der Waals surface area (Å²) in [7, 11) is 3.85. The van der Waals surface area contributed by atoms with E-state index in [1.54, 1.807) is 7.11 Å². The third-order valence-corrected chi connectivity index (χ3v) is 5.27. The first-order valence-electron chi connectivity index (χ1n) is 10.7. The summed E-state index contributed by atoms with van der Waals surface area (Å²) < 4.78 is 5.21. The summed E-state index contributed by atoms with van der Waals surface area (Å²) in [4.78, 5) is 14.1. The van der Waals surface area contributed by atoms with Crippen molar-refractivity contribution in [3.8, 4) is 5.75 Å². The van der Waals surface area contributed by atoms with Crippen molar-refractivity contribution in [1.29, 1.82) is 0 Å². The lowest BCUT2D eigenvalue weighted by Crippen LogP contribution is -2.44. The predicted molar refractivity (Wildman–Crippen MR) is 139 cm³/mol. The number of ether oxygens (including phenoxy) is 1. The highest BCUT2D eigenvalue weighted by molar-refractivity contribution is 14.0. The Hall–Kier alpha value is -2.07. The van der Waals surface area contributed by atoms with Crippen LogP contribution in [-0.2, 0) is 13.0 Å². The number of aliphatic imine (C=N–C) groups is 1. The number of nitrogens with one attached hydrogen (secondary N) is 2. The molecule has 1 aromatic carbocycles. The third kappa shape index (κ3) is 8.17. The van der Waals surface area contributed by atoms with Crippen molar-refractivity contribution in [2.75, 3.05) is 58.3 Å². The number of hydrogen-bond donors (Lipinski definition) is 2. The van der Waals surface area contributed by atoms with Gasteiger partial charge in [0, 0.05) is 45.5 Å². The topological polar surface area (TPSA) is 65.0 Å². The molecule has 0 saturated carbocycles. The fourth-order valence-electron chi connectivity index (χ4n) is 3.36. The monoisotopic (exact) mass is 538 g/mol. The van der Waals surface area contributed by atoms with Gasteiger partial charge >= 0.3 is 0 Å². The normalized spacial score (nSPS) is 14.7. The molecule has 2 N–H and O–H groups in total. The van der Waals surface area contributed by atoms with Crippen molar-refractivity contribution in [3.63, 3.8) is 0 Å². The SMILES string of the molecule is CCNC(=NCc1ccc(N2CCN(C)CC2)nc1)NCCc1ccc(OC)cc1.I. The zero-order valence-corrected chi connectivity index (χ0v) is 21.1. The van der Waals surface area contributed by atoms with Gasteiger partial charge in [-0.15, -0.1) is 24.0 Å². The average Bonchev–Trinajstić information content (AvgIpc) is 2.79. The van der Waals surface area contributed by atoms with Crippen molar-refractivity contribution in [2.45, 2.75) is 19.9 Å². The number of piperazine rings is 1. The summed E-state index contributed by atoms with van der Waals surface area (Å²) >= 11 is 0. The Morgan fingerprint density at radius 2 is 1.74 bits per heavy atom. The third-order valence-electron chi connectivity index (χ3n) is 5.27. The van der Waals surface area contributed by atoms with Crippen LogP contribution >= 0.6 is 24.0 Å². The average molecular weight is 538 g/mol. The number of anilines is 1. The number of pyridine rings is 1. The molecule has 0 atom stereocenters. The quantitative estimate of drug-likeness (QED) is 0.306. The van der Waals surface area contributed by atoms with E-state index >= 15 is 0 Å². The number of hydrogen-bond acceptors (Lipinski definition) is 5. The Bertz CT molecular complexity index is 789. The molecule has 0 amide bonds. The fourth-order valence-corrected chi connectivity index (χ4v) is 3.36. The minimum Gasteiger partial charge on any atom is -0.497 e. The van der Waals surface area contributed by atoms with Gasteiger partial charge in [0.25, 0.3) is 0 Å². The van der Waals surface area contributed by atoms with E-state index in [1.165, 1.54) is 5.56 Å². The molecule has 8 heteroatoms. The number of halogens is 1. The van der Waals surface area contributed by atoms with E-state index < -0.39 is 0 Å². The van der Waals surface area contributed by atoms with Crippen LogP contribution in [0.2, 0.25) is 0 Å². The molecule has 3 rings (SSSR count). The molecule has 1 aliphatic heterocycles. The largest absolute Gasteiger partial charge is 0.497 e. The summed E-state index contributed by atoms with van der Waals surface area (Å²) in [6, 6.07) is 12.4. The molecule has 1 aliphatic rings. The molecular formula is C23H35IN6O. The van der Waals surface area contributed by atoms with Crippen LogP contribution in [0.4, 0.5) is 5.82 Å². The Morgan fingerprint density at radius 3 is 2.35 bits per heavy atom. The van der Waals surface area contributed by atoms with E-state index in [4.69, 9.17) is 9.73 Å². The molecule has 1 aromatic heterocycles. The Kier molecular flexibility index (Phi) is 10.9. The second-order valence-electron chi connectivity index (χ2n) is 7.53. The molecule has 7 nitrogen and oxygen atoms in total. The number of rotatable bonds is 8. The van der Waals surface area contributed by atoms with E-state index in [2.05, 4.69) is 63.7 Å². The summed E-state index contributed by atoms with van der Waals surface area (Å²) in [5.41, 5.74) is 2.38. The van der Waals surface area contributed by atoms with Crippen LogP contribution in [0.1, 0.15) is 18.1 Å². The lowest BCUT2D eigenvalue weighted by Gasteiger charge is -2.33. The van der Waals surface area contributed by atoms with Gasteiger partial charge < -0.3 is 25.2 Å². The van der Waals surface area contributed by atoms with E-state index in [0.717, 1.165) is 68.8 Å². The standard InChI is InChI=1S/C23H34N6O.HI/c1-4-24-23(25-12-11-19-5-8-21(30-3)9-6-19)27-18-20-7-10-22(26-17-20)29-15-13-28(2)14-16-29;/h5-10,17H,4,11-16,18H2,1-3H3,(H2,24,25,27);1H. The van der Waals surface area contributed by atoms with Gasteiger partial charge in [-0.1, -0.05) is 18.2 Å². The zero-order valence-electron chi connectivity index (χ0n) is 18.8. The minimum absolute atomic E-state index is 0. The van der Waals surface area contributed by atoms with Crippen molar-refractivity contribution in [3.05, 3.63) is 53.7 Å². The van der Waals surface area contributed by atoms with Gasteiger partial charge in [0.05, 0.1) is 13.7 Å². The van der Waals surface area contributed by atoms with Gasteiger partial charge in [-0.05, 0) is 49.7 Å². The molecule has 1 fully saturated rings. The summed E-state index contributed by atoms with van der Waals surface area (Å²) in [6.07, 6.45) is 2.87. The Morgan fingerprint density at radius 1 is 1.03 bits per heavy atom. The van der Waals surface area contributed by atoms with Crippen molar-refractivity contribution in [1.82, 2.24) is 20.5 Å². The smallest absolute Gasteiger partial charge is 0.191 e. The predicted octanol–water partition coefficient (Wildman–Crippen LogP) is 2.76. The molecule has 0 aliphatic carbocycles. The van der Waals surface area contributed by atoms with Gasteiger partial charge in [0.15, 0.2) is 5.96 Å². The van der Waals surface area contributed by atoms with E-state index in [1.807, 2.05) is 18.3 Å². The maximum absolute atomic E-state index is 5.21. The van der Waals surface area contributed by atoms with Crippen LogP contribution in [0, 0.1) is 0 Å². The summed E-state index contributed by atoms with van der Waals surface area (Å²) in [5.74, 6) is 2.77. The highest BCUT2D eigenvalue weighted by Gasteiger charge is 2.14. The molecular weight excluding hydrogens is 503 g/mol. The number of benzene rings is 1. The van der Waals surface area contributed by atoms with Gasteiger partial charge in [-0.3, -0.25) is 0 Å². The Labute approximate surface area is 203 Å². The molecule has 2 heterocycles. The lowest BCUT2D eigenvalue weighted by atomic mass is 10.1. The van der Waals surface area contributed by atoms with Gasteiger partial charge in [0.1, 0.15) is 11.6 Å². The Balaban J connectivity index is 0.00000341. The molecule has 0 radical (unpaired) electrons. The van der Waals surface area contributed by atoms with Crippen LogP contribution in [0.3, 0.4) is 0 Å². The summed E-state index contributed by atoms with van der Waals surface area (Å²) in [5, 5.41) is 6.72. The molecule has 0 spiro atoms. The second kappa shape index (κ2) is 13.4.